The third-order valence-electron chi connectivity index (χ3n) is 9.85. The van der Waals surface area contributed by atoms with E-state index in [1.165, 1.54) is 148 Å². The molecule has 0 saturated carbocycles. The van der Waals surface area contributed by atoms with Gasteiger partial charge in [-0.1, -0.05) is 181 Å². The molecule has 0 fully saturated rings. The minimum atomic E-state index is -0.370. The lowest BCUT2D eigenvalue weighted by molar-refractivity contribution is -0.143. The molecule has 2 unspecified atom stereocenters. The quantitative estimate of drug-likeness (QED) is 0.0512. The van der Waals surface area contributed by atoms with Gasteiger partial charge in [-0.05, 0) is 38.1 Å². The number of ether oxygens (including phenoxy) is 1. The van der Waals surface area contributed by atoms with E-state index in [2.05, 4.69) is 25.7 Å². The minimum Gasteiger partial charge on any atom is -0.466 e. The Hall–Kier alpha value is -0.650. The minimum absolute atomic E-state index is 0.0693. The zero-order valence-electron chi connectivity index (χ0n) is 31.6. The summed E-state index contributed by atoms with van der Waals surface area (Å²) >= 11 is 0. The van der Waals surface area contributed by atoms with Gasteiger partial charge in [0.15, 0.2) is 0 Å². The van der Waals surface area contributed by atoms with Gasteiger partial charge in [-0.15, -0.1) is 0 Å². The molecule has 0 bridgehead atoms. The first-order valence-electron chi connectivity index (χ1n) is 20.7. The Kier molecular flexibility index (Phi) is 36.6. The third-order valence-corrected chi connectivity index (χ3v) is 9.85. The number of hydrogen-bond acceptors (Lipinski definition) is 5. The van der Waals surface area contributed by atoms with Crippen LogP contribution in [0.3, 0.4) is 0 Å². The van der Waals surface area contributed by atoms with Crippen LogP contribution in [0, 0.1) is 5.92 Å². The maximum Gasteiger partial charge on any atom is 0.305 e. The highest BCUT2D eigenvalue weighted by atomic mass is 16.5. The first-order chi connectivity index (χ1) is 22.6. The summed E-state index contributed by atoms with van der Waals surface area (Å²) in [6.07, 6.45) is 36.6. The topological polar surface area (TPSA) is 70.0 Å². The van der Waals surface area contributed by atoms with Crippen LogP contribution in [0.15, 0.2) is 0 Å². The van der Waals surface area contributed by atoms with E-state index >= 15 is 0 Å². The number of rotatable bonds is 38. The van der Waals surface area contributed by atoms with Gasteiger partial charge in [0.2, 0.25) is 0 Å². The predicted octanol–water partition coefficient (Wildman–Crippen LogP) is 11.6. The Balaban J connectivity index is 4.23. The Morgan fingerprint density at radius 2 is 0.978 bits per heavy atom. The van der Waals surface area contributed by atoms with Crippen LogP contribution in [0.2, 0.25) is 0 Å². The molecular weight excluding hydrogens is 570 g/mol. The van der Waals surface area contributed by atoms with Gasteiger partial charge in [0.1, 0.15) is 0 Å². The van der Waals surface area contributed by atoms with Crippen molar-refractivity contribution in [1.82, 2.24) is 4.90 Å². The van der Waals surface area contributed by atoms with E-state index in [0.29, 0.717) is 26.1 Å². The van der Waals surface area contributed by atoms with Gasteiger partial charge in [-0.3, -0.25) is 9.69 Å². The van der Waals surface area contributed by atoms with Crippen LogP contribution in [0.4, 0.5) is 0 Å². The zero-order chi connectivity index (χ0) is 33.8. The van der Waals surface area contributed by atoms with Gasteiger partial charge < -0.3 is 14.9 Å². The molecule has 46 heavy (non-hydrogen) atoms. The van der Waals surface area contributed by atoms with Crippen LogP contribution in [0.5, 0.6) is 0 Å². The Labute approximate surface area is 288 Å². The highest BCUT2D eigenvalue weighted by Gasteiger charge is 2.15. The second-order valence-electron chi connectivity index (χ2n) is 14.4. The van der Waals surface area contributed by atoms with E-state index in [4.69, 9.17) is 4.74 Å². The molecule has 0 aliphatic rings. The van der Waals surface area contributed by atoms with Gasteiger partial charge in [0.05, 0.1) is 19.3 Å². The lowest BCUT2D eigenvalue weighted by Gasteiger charge is -2.27. The van der Waals surface area contributed by atoms with Crippen LogP contribution in [-0.2, 0) is 9.53 Å². The number of aliphatic hydroxyl groups excluding tert-OH is 2. The maximum atomic E-state index is 12.1. The van der Waals surface area contributed by atoms with Crippen molar-refractivity contribution in [3.8, 4) is 0 Å². The molecule has 2 N–H and O–H groups in total. The van der Waals surface area contributed by atoms with E-state index < -0.39 is 0 Å². The maximum absolute atomic E-state index is 12.1. The number of esters is 1. The van der Waals surface area contributed by atoms with Crippen LogP contribution >= 0.6 is 0 Å². The van der Waals surface area contributed by atoms with Gasteiger partial charge in [-0.25, -0.2) is 0 Å². The summed E-state index contributed by atoms with van der Waals surface area (Å²) in [7, 11) is 0. The van der Waals surface area contributed by atoms with Crippen molar-refractivity contribution < 1.29 is 19.7 Å². The van der Waals surface area contributed by atoms with Crippen molar-refractivity contribution in [1.29, 1.82) is 0 Å². The van der Waals surface area contributed by atoms with Crippen LogP contribution in [0.25, 0.3) is 0 Å². The SMILES string of the molecule is CCCCCCCCCCOC(=O)CCCCCC(O)CN(CCO)CCC(CCCCCCCC)CCCCCCCCCC. The van der Waals surface area contributed by atoms with E-state index in [-0.39, 0.29) is 18.7 Å². The van der Waals surface area contributed by atoms with Gasteiger partial charge in [0.25, 0.3) is 0 Å². The zero-order valence-corrected chi connectivity index (χ0v) is 31.6. The number of carbonyl (C=O) groups excluding carboxylic acids is 1. The summed E-state index contributed by atoms with van der Waals surface area (Å²) < 4.78 is 5.42. The first-order valence-corrected chi connectivity index (χ1v) is 20.7. The van der Waals surface area contributed by atoms with E-state index in [1.54, 1.807) is 0 Å². The standard InChI is InChI=1S/C41H83NO4/c1-4-7-10-13-16-18-21-25-30-39(29-24-20-15-12-9-6-3)33-34-42(35-36-43)38-40(44)31-26-23-27-32-41(45)46-37-28-22-19-17-14-11-8-5-2/h39-40,43-44H,4-38H2,1-3H3. The van der Waals surface area contributed by atoms with E-state index in [1.807, 2.05) is 0 Å². The van der Waals surface area contributed by atoms with Crippen LogP contribution in [0.1, 0.15) is 213 Å². The summed E-state index contributed by atoms with van der Waals surface area (Å²) in [6, 6.07) is 0. The number of carbonyl (C=O) groups is 1. The summed E-state index contributed by atoms with van der Waals surface area (Å²) in [4.78, 5) is 14.3. The summed E-state index contributed by atoms with van der Waals surface area (Å²) in [6.45, 7) is 9.78. The molecule has 0 aliphatic heterocycles. The molecule has 0 aliphatic carbocycles. The number of hydrogen-bond donors (Lipinski definition) is 2. The molecule has 0 aromatic carbocycles. The molecule has 0 heterocycles. The molecule has 0 spiro atoms. The second-order valence-corrected chi connectivity index (χ2v) is 14.4. The Bertz CT molecular complexity index is 601. The van der Waals surface area contributed by atoms with Crippen molar-refractivity contribution in [3.05, 3.63) is 0 Å². The van der Waals surface area contributed by atoms with E-state index in [0.717, 1.165) is 51.0 Å². The summed E-state index contributed by atoms with van der Waals surface area (Å²) in [5, 5.41) is 20.5. The fourth-order valence-electron chi connectivity index (χ4n) is 6.72. The van der Waals surface area contributed by atoms with Crippen LogP contribution in [-0.4, -0.2) is 60.0 Å². The van der Waals surface area contributed by atoms with Crippen molar-refractivity contribution in [3.63, 3.8) is 0 Å². The average Bonchev–Trinajstić information content (AvgIpc) is 3.05. The highest BCUT2D eigenvalue weighted by molar-refractivity contribution is 5.69. The highest BCUT2D eigenvalue weighted by Crippen LogP contribution is 2.23. The Morgan fingerprint density at radius 1 is 0.543 bits per heavy atom. The molecule has 276 valence electrons. The number of unbranched alkanes of at least 4 members (excludes halogenated alkanes) is 21. The molecule has 0 amide bonds. The largest absolute Gasteiger partial charge is 0.466 e. The smallest absolute Gasteiger partial charge is 0.305 e. The number of nitrogens with zero attached hydrogens (tertiary/aromatic N) is 1. The number of aliphatic hydroxyl groups is 2. The molecular formula is C41H83NO4. The van der Waals surface area contributed by atoms with E-state index in [9.17, 15) is 15.0 Å². The van der Waals surface area contributed by atoms with Crippen molar-refractivity contribution >= 4 is 5.97 Å². The molecule has 0 radical (unpaired) electrons. The molecule has 5 nitrogen and oxygen atoms in total. The predicted molar refractivity (Wildman–Crippen MR) is 200 cm³/mol. The van der Waals surface area contributed by atoms with Crippen molar-refractivity contribution in [2.24, 2.45) is 5.92 Å². The van der Waals surface area contributed by atoms with Gasteiger partial charge in [-0.2, -0.15) is 0 Å². The molecule has 0 rings (SSSR count). The summed E-state index contributed by atoms with van der Waals surface area (Å²) in [5.74, 6) is 0.694. The average molecular weight is 654 g/mol. The molecule has 0 saturated heterocycles. The lowest BCUT2D eigenvalue weighted by atomic mass is 9.91. The summed E-state index contributed by atoms with van der Waals surface area (Å²) in [5.41, 5.74) is 0. The van der Waals surface area contributed by atoms with Crippen LogP contribution < -0.4 is 0 Å². The van der Waals surface area contributed by atoms with Crippen molar-refractivity contribution in [2.45, 2.75) is 219 Å². The Morgan fingerprint density at radius 3 is 1.48 bits per heavy atom. The lowest BCUT2D eigenvalue weighted by Crippen LogP contribution is -2.36. The second kappa shape index (κ2) is 37.2. The molecule has 0 aromatic rings. The normalized spacial score (nSPS) is 13.0. The third kappa shape index (κ3) is 33.3. The monoisotopic (exact) mass is 654 g/mol. The fourth-order valence-corrected chi connectivity index (χ4v) is 6.72. The fraction of sp³-hybridized carbons (Fsp3) is 0.976. The van der Waals surface area contributed by atoms with Gasteiger partial charge in [0, 0.05) is 19.5 Å². The molecule has 0 aromatic heterocycles. The first kappa shape index (κ1) is 45.3. The molecule has 5 heteroatoms. The van der Waals surface area contributed by atoms with Gasteiger partial charge >= 0.3 is 5.97 Å². The van der Waals surface area contributed by atoms with Crippen molar-refractivity contribution in [2.75, 3.05) is 32.8 Å². The molecule has 2 atom stereocenters.